The number of carbonyl (C=O) groups is 1. The van der Waals surface area contributed by atoms with Gasteiger partial charge in [-0.1, -0.05) is 29.8 Å². The van der Waals surface area contributed by atoms with Crippen LogP contribution >= 0.6 is 11.6 Å². The van der Waals surface area contributed by atoms with E-state index in [2.05, 4.69) is 11.0 Å². The van der Waals surface area contributed by atoms with Crippen LogP contribution in [0.15, 0.2) is 48.5 Å². The maximum atomic E-state index is 12.9. The Morgan fingerprint density at radius 2 is 1.76 bits per heavy atom. The maximum Gasteiger partial charge on any atom is 0.257 e. The van der Waals surface area contributed by atoms with E-state index in [9.17, 15) is 4.79 Å². The van der Waals surface area contributed by atoms with Gasteiger partial charge < -0.3 is 14.5 Å². The highest BCUT2D eigenvalue weighted by molar-refractivity contribution is 6.30. The molecule has 1 aliphatic heterocycles. The van der Waals surface area contributed by atoms with E-state index in [1.165, 1.54) is 0 Å². The van der Waals surface area contributed by atoms with Gasteiger partial charge >= 0.3 is 0 Å². The third kappa shape index (κ3) is 4.26. The lowest BCUT2D eigenvalue weighted by Gasteiger charge is -2.36. The number of ether oxygens (including phenoxy) is 1. The summed E-state index contributed by atoms with van der Waals surface area (Å²) in [6.07, 6.45) is 0.0358. The molecule has 0 aliphatic carbocycles. The molecule has 0 N–H and O–H groups in total. The molecule has 0 spiro atoms. The normalized spacial score (nSPS) is 14.7. The molecule has 3 rings (SSSR count). The van der Waals surface area contributed by atoms with Gasteiger partial charge in [0, 0.05) is 36.9 Å². The van der Waals surface area contributed by atoms with Gasteiger partial charge in [-0.05, 0) is 44.2 Å². The maximum absolute atomic E-state index is 12.9. The van der Waals surface area contributed by atoms with Gasteiger partial charge in [-0.25, -0.2) is 0 Å². The molecule has 2 aromatic carbocycles. The van der Waals surface area contributed by atoms with Crippen molar-refractivity contribution in [2.24, 2.45) is 0 Å². The number of amides is 1. The van der Waals surface area contributed by atoms with Crippen LogP contribution in [0.3, 0.4) is 0 Å². The van der Waals surface area contributed by atoms with Gasteiger partial charge in [-0.15, -0.1) is 0 Å². The summed E-state index contributed by atoms with van der Waals surface area (Å²) in [4.78, 5) is 17.1. The van der Waals surface area contributed by atoms with Crippen LogP contribution in [-0.4, -0.2) is 43.1 Å². The van der Waals surface area contributed by atoms with Crippen LogP contribution in [-0.2, 0) is 0 Å². The number of benzene rings is 2. The molecule has 0 unspecified atom stereocenters. The summed E-state index contributed by atoms with van der Waals surface area (Å²) in [5.74, 6) is 0.682. The quantitative estimate of drug-likeness (QED) is 0.825. The monoisotopic (exact) mass is 358 g/mol. The molecule has 132 valence electrons. The highest BCUT2D eigenvalue weighted by Crippen LogP contribution is 2.24. The van der Waals surface area contributed by atoms with E-state index < -0.39 is 0 Å². The van der Waals surface area contributed by atoms with Gasteiger partial charge in [-0.3, -0.25) is 4.79 Å². The fourth-order valence-corrected chi connectivity index (χ4v) is 3.20. The van der Waals surface area contributed by atoms with Crippen LogP contribution < -0.4 is 9.64 Å². The molecule has 5 heteroatoms. The average Bonchev–Trinajstić information content (AvgIpc) is 2.61. The van der Waals surface area contributed by atoms with Gasteiger partial charge in [0.1, 0.15) is 5.75 Å². The molecule has 0 bridgehead atoms. The van der Waals surface area contributed by atoms with Crippen molar-refractivity contribution >= 4 is 23.2 Å². The van der Waals surface area contributed by atoms with Crippen molar-refractivity contribution in [3.8, 4) is 5.75 Å². The molecule has 0 radical (unpaired) electrons. The Labute approximate surface area is 154 Å². The van der Waals surface area contributed by atoms with Crippen LogP contribution in [0, 0.1) is 0 Å². The minimum absolute atomic E-state index is 0.0296. The number of carbonyl (C=O) groups excluding carboxylic acids is 1. The van der Waals surface area contributed by atoms with Crippen LogP contribution in [0.1, 0.15) is 24.2 Å². The smallest absolute Gasteiger partial charge is 0.257 e. The first-order valence-electron chi connectivity index (χ1n) is 8.60. The largest absolute Gasteiger partial charge is 0.490 e. The topological polar surface area (TPSA) is 32.8 Å². The second kappa shape index (κ2) is 7.79. The Kier molecular flexibility index (Phi) is 5.49. The van der Waals surface area contributed by atoms with Gasteiger partial charge in [0.05, 0.1) is 11.7 Å². The lowest BCUT2D eigenvalue weighted by molar-refractivity contribution is 0.0740. The number of hydrogen-bond acceptors (Lipinski definition) is 3. The summed E-state index contributed by atoms with van der Waals surface area (Å²) in [6.45, 7) is 6.87. The number of piperazine rings is 1. The molecular weight excluding hydrogens is 336 g/mol. The number of para-hydroxylation sites is 1. The molecule has 0 aromatic heterocycles. The first-order chi connectivity index (χ1) is 12.0. The molecular formula is C20H23ClN2O2. The Morgan fingerprint density at radius 3 is 2.44 bits per heavy atom. The lowest BCUT2D eigenvalue weighted by atomic mass is 10.1. The molecule has 4 nitrogen and oxygen atoms in total. The highest BCUT2D eigenvalue weighted by Gasteiger charge is 2.24. The van der Waals surface area contributed by atoms with Crippen molar-refractivity contribution in [2.45, 2.75) is 20.0 Å². The summed E-state index contributed by atoms with van der Waals surface area (Å²) in [5, 5.41) is 0.732. The Balaban J connectivity index is 1.68. The zero-order chi connectivity index (χ0) is 17.8. The minimum atomic E-state index is 0.0296. The standard InChI is InChI=1S/C20H23ClN2O2/c1-15(2)25-19-9-4-3-8-18(19)20(24)23-12-10-22(11-13-23)17-7-5-6-16(21)14-17/h3-9,14-15H,10-13H2,1-2H3. The van der Waals surface area contributed by atoms with Crippen molar-refractivity contribution in [1.29, 1.82) is 0 Å². The third-order valence-corrected chi connectivity index (χ3v) is 4.46. The van der Waals surface area contributed by atoms with Gasteiger partial charge in [0.15, 0.2) is 0 Å². The fourth-order valence-electron chi connectivity index (χ4n) is 3.01. The molecule has 0 saturated carbocycles. The molecule has 1 saturated heterocycles. The predicted octanol–water partition coefficient (Wildman–Crippen LogP) is 4.09. The van der Waals surface area contributed by atoms with E-state index in [1.807, 2.05) is 61.2 Å². The van der Waals surface area contributed by atoms with Crippen molar-refractivity contribution in [3.63, 3.8) is 0 Å². The number of nitrogens with zero attached hydrogens (tertiary/aromatic N) is 2. The van der Waals surface area contributed by atoms with E-state index in [0.717, 1.165) is 23.8 Å². The summed E-state index contributed by atoms with van der Waals surface area (Å²) in [7, 11) is 0. The Morgan fingerprint density at radius 1 is 1.04 bits per heavy atom. The zero-order valence-electron chi connectivity index (χ0n) is 14.6. The van der Waals surface area contributed by atoms with Crippen LogP contribution in [0.4, 0.5) is 5.69 Å². The first-order valence-corrected chi connectivity index (χ1v) is 8.98. The first kappa shape index (κ1) is 17.6. The minimum Gasteiger partial charge on any atom is -0.490 e. The van der Waals surface area contributed by atoms with Crippen molar-refractivity contribution < 1.29 is 9.53 Å². The molecule has 0 atom stereocenters. The summed E-state index contributed by atoms with van der Waals surface area (Å²) >= 11 is 6.08. The molecule has 1 heterocycles. The molecule has 2 aromatic rings. The highest BCUT2D eigenvalue weighted by atomic mass is 35.5. The Bertz CT molecular complexity index is 740. The van der Waals surface area contributed by atoms with E-state index in [0.29, 0.717) is 24.4 Å². The molecule has 1 aliphatic rings. The van der Waals surface area contributed by atoms with E-state index >= 15 is 0 Å². The van der Waals surface area contributed by atoms with Crippen LogP contribution in [0.25, 0.3) is 0 Å². The van der Waals surface area contributed by atoms with E-state index in [1.54, 1.807) is 0 Å². The second-order valence-corrected chi connectivity index (χ2v) is 6.86. The van der Waals surface area contributed by atoms with Gasteiger partial charge in [-0.2, -0.15) is 0 Å². The summed E-state index contributed by atoms with van der Waals surface area (Å²) in [6, 6.07) is 15.3. The van der Waals surface area contributed by atoms with Crippen molar-refractivity contribution in [1.82, 2.24) is 4.90 Å². The van der Waals surface area contributed by atoms with Gasteiger partial charge in [0.25, 0.3) is 5.91 Å². The Hall–Kier alpha value is -2.20. The van der Waals surface area contributed by atoms with E-state index in [4.69, 9.17) is 16.3 Å². The number of hydrogen-bond donors (Lipinski definition) is 0. The molecule has 1 amide bonds. The van der Waals surface area contributed by atoms with Crippen molar-refractivity contribution in [2.75, 3.05) is 31.1 Å². The van der Waals surface area contributed by atoms with Gasteiger partial charge in [0.2, 0.25) is 0 Å². The fraction of sp³-hybridized carbons (Fsp3) is 0.350. The summed E-state index contributed by atoms with van der Waals surface area (Å²) < 4.78 is 5.79. The predicted molar refractivity (Wildman–Crippen MR) is 102 cm³/mol. The third-order valence-electron chi connectivity index (χ3n) is 4.22. The van der Waals surface area contributed by atoms with Crippen LogP contribution in [0.5, 0.6) is 5.75 Å². The summed E-state index contributed by atoms with van der Waals surface area (Å²) in [5.41, 5.74) is 1.73. The SMILES string of the molecule is CC(C)Oc1ccccc1C(=O)N1CCN(c2cccc(Cl)c2)CC1. The molecule has 1 fully saturated rings. The zero-order valence-corrected chi connectivity index (χ0v) is 15.4. The average molecular weight is 359 g/mol. The van der Waals surface area contributed by atoms with Crippen LogP contribution in [0.2, 0.25) is 5.02 Å². The second-order valence-electron chi connectivity index (χ2n) is 6.42. The molecule has 25 heavy (non-hydrogen) atoms. The van der Waals surface area contributed by atoms with Crippen molar-refractivity contribution in [3.05, 3.63) is 59.1 Å². The van der Waals surface area contributed by atoms with E-state index in [-0.39, 0.29) is 12.0 Å². The lowest BCUT2D eigenvalue weighted by Crippen LogP contribution is -2.48. The number of halogens is 1. The number of rotatable bonds is 4. The number of anilines is 1.